The lowest BCUT2D eigenvalue weighted by Crippen LogP contribution is -2.43. The molecule has 0 amide bonds. The summed E-state index contributed by atoms with van der Waals surface area (Å²) in [6.07, 6.45) is 1.76. The van der Waals surface area contributed by atoms with Gasteiger partial charge in [0.05, 0.1) is 24.7 Å². The number of nitrogens with zero attached hydrogens (tertiary/aromatic N) is 2. The van der Waals surface area contributed by atoms with Crippen LogP contribution in [0.3, 0.4) is 0 Å². The van der Waals surface area contributed by atoms with Gasteiger partial charge in [-0.05, 0) is 30.5 Å². The Balaban J connectivity index is 1.40. The van der Waals surface area contributed by atoms with E-state index in [2.05, 4.69) is 22.3 Å². The molecule has 0 aliphatic carbocycles. The maximum absolute atomic E-state index is 12.8. The van der Waals surface area contributed by atoms with E-state index in [1.165, 1.54) is 15.9 Å². The second kappa shape index (κ2) is 10.7. The molecule has 2 aromatic rings. The largest absolute Gasteiger partial charge is 0.379 e. The van der Waals surface area contributed by atoms with Crippen molar-refractivity contribution in [2.24, 2.45) is 0 Å². The van der Waals surface area contributed by atoms with Gasteiger partial charge in [0.15, 0.2) is 5.78 Å². The van der Waals surface area contributed by atoms with Gasteiger partial charge in [0.1, 0.15) is 0 Å². The number of rotatable bonds is 9. The normalized spacial score (nSPS) is 19.1. The minimum atomic E-state index is -3.54. The van der Waals surface area contributed by atoms with Gasteiger partial charge in [-0.3, -0.25) is 9.69 Å². The highest BCUT2D eigenvalue weighted by molar-refractivity contribution is 7.89. The van der Waals surface area contributed by atoms with E-state index in [0.717, 1.165) is 25.9 Å². The van der Waals surface area contributed by atoms with Gasteiger partial charge in [0.2, 0.25) is 10.0 Å². The Hall–Kier alpha value is -2.10. The molecular formula is C24H31N3O4S. The Labute approximate surface area is 190 Å². The fraction of sp³-hybridized carbons (Fsp3) is 0.458. The lowest BCUT2D eigenvalue weighted by atomic mass is 10.0. The molecule has 2 heterocycles. The molecule has 2 aliphatic rings. The Morgan fingerprint density at radius 2 is 1.69 bits per heavy atom. The molecule has 2 fully saturated rings. The molecular weight excluding hydrogens is 426 g/mol. The van der Waals surface area contributed by atoms with Crippen LogP contribution in [-0.2, 0) is 14.8 Å². The van der Waals surface area contributed by atoms with E-state index < -0.39 is 10.0 Å². The zero-order chi connectivity index (χ0) is 22.4. The average Bonchev–Trinajstić information content (AvgIpc) is 3.39. The first-order valence-corrected chi connectivity index (χ1v) is 12.7. The molecule has 0 saturated carbocycles. The van der Waals surface area contributed by atoms with Gasteiger partial charge in [-0.1, -0.05) is 42.5 Å². The molecule has 1 unspecified atom stereocenters. The van der Waals surface area contributed by atoms with Gasteiger partial charge < -0.3 is 10.1 Å². The van der Waals surface area contributed by atoms with Gasteiger partial charge in [0.25, 0.3) is 0 Å². The zero-order valence-electron chi connectivity index (χ0n) is 18.3. The van der Waals surface area contributed by atoms with Gasteiger partial charge in [0, 0.05) is 44.3 Å². The highest BCUT2D eigenvalue weighted by Crippen LogP contribution is 2.23. The van der Waals surface area contributed by atoms with Crippen LogP contribution < -0.4 is 5.32 Å². The number of carbonyl (C=O) groups is 1. The predicted octanol–water partition coefficient (Wildman–Crippen LogP) is 2.32. The summed E-state index contributed by atoms with van der Waals surface area (Å²) >= 11 is 0. The predicted molar refractivity (Wildman–Crippen MR) is 123 cm³/mol. The Morgan fingerprint density at radius 3 is 2.41 bits per heavy atom. The topological polar surface area (TPSA) is 79.0 Å². The third-order valence-electron chi connectivity index (χ3n) is 6.15. The van der Waals surface area contributed by atoms with Gasteiger partial charge in [-0.15, -0.1) is 0 Å². The number of sulfonamides is 1. The van der Waals surface area contributed by atoms with Gasteiger partial charge in [-0.25, -0.2) is 8.42 Å². The summed E-state index contributed by atoms with van der Waals surface area (Å²) < 4.78 is 32.7. The number of ketones is 1. The lowest BCUT2D eigenvalue weighted by molar-refractivity contribution is 0.0162. The van der Waals surface area contributed by atoms with E-state index in [-0.39, 0.29) is 23.3 Å². The molecule has 8 heteroatoms. The minimum Gasteiger partial charge on any atom is -0.379 e. The SMILES string of the molecule is O=C(CNCC(c1ccccc1)N1CCOCC1)c1cccc(S(=O)(=O)N2CCCC2)c1. The summed E-state index contributed by atoms with van der Waals surface area (Å²) in [5.41, 5.74) is 1.62. The van der Waals surface area contributed by atoms with E-state index in [9.17, 15) is 13.2 Å². The number of Topliss-reactive ketones (excluding diaryl/α,β-unsaturated/α-hetero) is 1. The van der Waals surface area contributed by atoms with Gasteiger partial charge >= 0.3 is 0 Å². The van der Waals surface area contributed by atoms with Crippen LogP contribution in [0.1, 0.15) is 34.8 Å². The molecule has 1 atom stereocenters. The van der Waals surface area contributed by atoms with Crippen LogP contribution in [0.4, 0.5) is 0 Å². The van der Waals surface area contributed by atoms with Crippen molar-refractivity contribution < 1.29 is 17.9 Å². The Morgan fingerprint density at radius 1 is 0.969 bits per heavy atom. The van der Waals surface area contributed by atoms with E-state index >= 15 is 0 Å². The molecule has 2 saturated heterocycles. The van der Waals surface area contributed by atoms with Crippen LogP contribution >= 0.6 is 0 Å². The van der Waals surface area contributed by atoms with Crippen molar-refractivity contribution >= 4 is 15.8 Å². The summed E-state index contributed by atoms with van der Waals surface area (Å²) in [7, 11) is -3.54. The fourth-order valence-electron chi connectivity index (χ4n) is 4.35. The average molecular weight is 458 g/mol. The fourth-order valence-corrected chi connectivity index (χ4v) is 5.92. The summed E-state index contributed by atoms with van der Waals surface area (Å²) in [5.74, 6) is -0.114. The highest BCUT2D eigenvalue weighted by atomic mass is 32.2. The van der Waals surface area contributed by atoms with Crippen molar-refractivity contribution in [3.8, 4) is 0 Å². The summed E-state index contributed by atoms with van der Waals surface area (Å²) in [5, 5.41) is 3.30. The van der Waals surface area contributed by atoms with E-state index in [1.807, 2.05) is 18.2 Å². The number of hydrogen-bond acceptors (Lipinski definition) is 6. The number of morpholine rings is 1. The molecule has 2 aromatic carbocycles. The second-order valence-electron chi connectivity index (χ2n) is 8.27. The van der Waals surface area contributed by atoms with Crippen molar-refractivity contribution in [1.29, 1.82) is 0 Å². The first-order valence-electron chi connectivity index (χ1n) is 11.3. The molecule has 7 nitrogen and oxygen atoms in total. The lowest BCUT2D eigenvalue weighted by Gasteiger charge is -2.35. The maximum Gasteiger partial charge on any atom is 0.243 e. The molecule has 32 heavy (non-hydrogen) atoms. The molecule has 4 rings (SSSR count). The van der Waals surface area contributed by atoms with Crippen molar-refractivity contribution in [2.75, 3.05) is 52.5 Å². The zero-order valence-corrected chi connectivity index (χ0v) is 19.1. The second-order valence-corrected chi connectivity index (χ2v) is 10.2. The summed E-state index contributed by atoms with van der Waals surface area (Å²) in [6.45, 7) is 5.00. The first-order chi connectivity index (χ1) is 15.6. The third kappa shape index (κ3) is 5.44. The van der Waals surface area contributed by atoms with E-state index in [4.69, 9.17) is 4.74 Å². The molecule has 0 spiro atoms. The smallest absolute Gasteiger partial charge is 0.243 e. The maximum atomic E-state index is 12.8. The van der Waals surface area contributed by atoms with Crippen LogP contribution in [0.15, 0.2) is 59.5 Å². The summed E-state index contributed by atoms with van der Waals surface area (Å²) in [4.78, 5) is 15.4. The van der Waals surface area contributed by atoms with Crippen molar-refractivity contribution in [2.45, 2.75) is 23.8 Å². The van der Waals surface area contributed by atoms with Crippen molar-refractivity contribution in [1.82, 2.24) is 14.5 Å². The Bertz CT molecular complexity index is 1000. The molecule has 0 aromatic heterocycles. The number of ether oxygens (including phenoxy) is 1. The van der Waals surface area contributed by atoms with Crippen molar-refractivity contribution in [3.63, 3.8) is 0 Å². The molecule has 172 valence electrons. The summed E-state index contributed by atoms with van der Waals surface area (Å²) in [6, 6.07) is 16.8. The number of nitrogens with one attached hydrogen (secondary N) is 1. The highest BCUT2D eigenvalue weighted by Gasteiger charge is 2.28. The minimum absolute atomic E-state index is 0.114. The van der Waals surface area contributed by atoms with Crippen LogP contribution in [0, 0.1) is 0 Å². The van der Waals surface area contributed by atoms with Crippen LogP contribution in [0.2, 0.25) is 0 Å². The van der Waals surface area contributed by atoms with Crippen LogP contribution in [0.5, 0.6) is 0 Å². The number of hydrogen-bond donors (Lipinski definition) is 1. The molecule has 0 bridgehead atoms. The van der Waals surface area contributed by atoms with Gasteiger partial charge in [-0.2, -0.15) is 4.31 Å². The number of benzene rings is 2. The standard InChI is InChI=1S/C24H31N3O4S/c28-24(21-9-6-10-22(17-21)32(29,30)27-11-4-5-12-27)19-25-18-23(20-7-2-1-3-8-20)26-13-15-31-16-14-26/h1-3,6-10,17,23,25H,4-5,11-16,18-19H2. The number of carbonyl (C=O) groups excluding carboxylic acids is 1. The monoisotopic (exact) mass is 457 g/mol. The van der Waals surface area contributed by atoms with Crippen LogP contribution in [-0.4, -0.2) is 75.9 Å². The Kier molecular flexibility index (Phi) is 7.70. The quantitative estimate of drug-likeness (QED) is 0.583. The van der Waals surface area contributed by atoms with E-state index in [0.29, 0.717) is 38.4 Å². The van der Waals surface area contributed by atoms with Crippen molar-refractivity contribution in [3.05, 3.63) is 65.7 Å². The molecule has 2 aliphatic heterocycles. The molecule has 0 radical (unpaired) electrons. The first kappa shape index (κ1) is 23.1. The molecule has 1 N–H and O–H groups in total. The van der Waals surface area contributed by atoms with Crippen LogP contribution in [0.25, 0.3) is 0 Å². The third-order valence-corrected chi connectivity index (χ3v) is 8.05. The van der Waals surface area contributed by atoms with E-state index in [1.54, 1.807) is 18.2 Å².